The molecular formula is C19H12F5N3O. The standard InChI is InChI=1S/C19H12F5N3O/c20-14-5-2-6-15(21)17(14)27-18(28)11-7-8-25-16(9-11)26-13-4-1-3-12(10-13)19(22,23)24/h1-10H,(H,25,26)(H,27,28). The van der Waals surface area contributed by atoms with Gasteiger partial charge in [-0.15, -0.1) is 0 Å². The summed E-state index contributed by atoms with van der Waals surface area (Å²) in [5.74, 6) is -2.60. The van der Waals surface area contributed by atoms with Crippen LogP contribution in [0, 0.1) is 11.6 Å². The van der Waals surface area contributed by atoms with Crippen molar-refractivity contribution in [3.8, 4) is 0 Å². The molecule has 0 aliphatic rings. The fourth-order valence-corrected chi connectivity index (χ4v) is 2.36. The Bertz CT molecular complexity index is 1000. The van der Waals surface area contributed by atoms with Crippen molar-refractivity contribution in [1.29, 1.82) is 0 Å². The number of rotatable bonds is 4. The van der Waals surface area contributed by atoms with E-state index < -0.39 is 35.0 Å². The number of anilines is 3. The number of amides is 1. The maximum absolute atomic E-state index is 13.7. The van der Waals surface area contributed by atoms with Crippen molar-refractivity contribution in [2.75, 3.05) is 10.6 Å². The highest BCUT2D eigenvalue weighted by atomic mass is 19.4. The van der Waals surface area contributed by atoms with E-state index in [0.717, 1.165) is 30.3 Å². The molecule has 2 N–H and O–H groups in total. The third-order valence-corrected chi connectivity index (χ3v) is 3.69. The summed E-state index contributed by atoms with van der Waals surface area (Å²) in [6, 6.07) is 10.1. The zero-order valence-corrected chi connectivity index (χ0v) is 14.0. The maximum atomic E-state index is 13.7. The number of carbonyl (C=O) groups excluding carboxylic acids is 1. The van der Waals surface area contributed by atoms with Gasteiger partial charge in [0.05, 0.1) is 5.56 Å². The summed E-state index contributed by atoms with van der Waals surface area (Å²) >= 11 is 0. The summed E-state index contributed by atoms with van der Waals surface area (Å²) in [6.45, 7) is 0. The van der Waals surface area contributed by atoms with Gasteiger partial charge in [-0.1, -0.05) is 12.1 Å². The molecule has 0 radical (unpaired) electrons. The van der Waals surface area contributed by atoms with Gasteiger partial charge in [-0.3, -0.25) is 4.79 Å². The minimum atomic E-state index is -4.50. The second-order valence-electron chi connectivity index (χ2n) is 5.68. The molecule has 0 saturated carbocycles. The lowest BCUT2D eigenvalue weighted by atomic mass is 10.2. The molecule has 0 fully saturated rings. The molecule has 0 spiro atoms. The lowest BCUT2D eigenvalue weighted by Crippen LogP contribution is -2.14. The zero-order chi connectivity index (χ0) is 20.3. The van der Waals surface area contributed by atoms with Crippen LogP contribution in [0.1, 0.15) is 15.9 Å². The fraction of sp³-hybridized carbons (Fsp3) is 0.0526. The van der Waals surface area contributed by atoms with E-state index in [9.17, 15) is 26.7 Å². The number of para-hydroxylation sites is 1. The van der Waals surface area contributed by atoms with Crippen LogP contribution in [0.2, 0.25) is 0 Å². The van der Waals surface area contributed by atoms with Crippen molar-refractivity contribution in [3.63, 3.8) is 0 Å². The average molecular weight is 393 g/mol. The van der Waals surface area contributed by atoms with Crippen LogP contribution in [-0.4, -0.2) is 10.9 Å². The molecule has 0 bridgehead atoms. The molecule has 28 heavy (non-hydrogen) atoms. The Labute approximate surface area is 156 Å². The lowest BCUT2D eigenvalue weighted by molar-refractivity contribution is -0.137. The number of nitrogens with one attached hydrogen (secondary N) is 2. The Morgan fingerprint density at radius 3 is 2.29 bits per heavy atom. The van der Waals surface area contributed by atoms with E-state index >= 15 is 0 Å². The van der Waals surface area contributed by atoms with E-state index in [2.05, 4.69) is 15.6 Å². The van der Waals surface area contributed by atoms with Crippen LogP contribution in [0.15, 0.2) is 60.8 Å². The molecule has 144 valence electrons. The second kappa shape index (κ2) is 7.63. The second-order valence-corrected chi connectivity index (χ2v) is 5.68. The van der Waals surface area contributed by atoms with Gasteiger partial charge in [-0.05, 0) is 42.5 Å². The summed E-state index contributed by atoms with van der Waals surface area (Å²) in [7, 11) is 0. The Balaban J connectivity index is 1.80. The highest BCUT2D eigenvalue weighted by Gasteiger charge is 2.30. The number of hydrogen-bond donors (Lipinski definition) is 2. The number of benzene rings is 2. The van der Waals surface area contributed by atoms with Crippen LogP contribution >= 0.6 is 0 Å². The van der Waals surface area contributed by atoms with E-state index in [-0.39, 0.29) is 17.1 Å². The Morgan fingerprint density at radius 2 is 1.61 bits per heavy atom. The molecule has 1 heterocycles. The predicted octanol–water partition coefficient (Wildman–Crippen LogP) is 5.37. The molecule has 3 aromatic rings. The van der Waals surface area contributed by atoms with Crippen molar-refractivity contribution < 1.29 is 26.7 Å². The fourth-order valence-electron chi connectivity index (χ4n) is 2.36. The van der Waals surface area contributed by atoms with Crippen LogP contribution < -0.4 is 10.6 Å². The normalized spacial score (nSPS) is 11.2. The molecule has 0 saturated heterocycles. The third kappa shape index (κ3) is 4.43. The van der Waals surface area contributed by atoms with Gasteiger partial charge in [0, 0.05) is 17.4 Å². The van der Waals surface area contributed by atoms with Gasteiger partial charge < -0.3 is 10.6 Å². The smallest absolute Gasteiger partial charge is 0.340 e. The van der Waals surface area contributed by atoms with Gasteiger partial charge in [-0.2, -0.15) is 13.2 Å². The number of halogens is 5. The van der Waals surface area contributed by atoms with Gasteiger partial charge in [0.1, 0.15) is 23.1 Å². The number of aromatic nitrogens is 1. The van der Waals surface area contributed by atoms with Crippen LogP contribution in [-0.2, 0) is 6.18 Å². The van der Waals surface area contributed by atoms with Gasteiger partial charge >= 0.3 is 6.18 Å². The molecule has 9 heteroatoms. The highest BCUT2D eigenvalue weighted by Crippen LogP contribution is 2.31. The van der Waals surface area contributed by atoms with Crippen LogP contribution in [0.5, 0.6) is 0 Å². The number of nitrogens with zero attached hydrogens (tertiary/aromatic N) is 1. The molecule has 0 atom stereocenters. The molecule has 3 rings (SSSR count). The summed E-state index contributed by atoms with van der Waals surface area (Å²) in [5, 5.41) is 4.78. The molecule has 0 aliphatic carbocycles. The minimum absolute atomic E-state index is 0.00660. The first kappa shape index (κ1) is 19.3. The van der Waals surface area contributed by atoms with Crippen molar-refractivity contribution in [1.82, 2.24) is 4.98 Å². The largest absolute Gasteiger partial charge is 0.416 e. The first-order valence-electron chi connectivity index (χ1n) is 7.90. The van der Waals surface area contributed by atoms with Crippen LogP contribution in [0.25, 0.3) is 0 Å². The van der Waals surface area contributed by atoms with Crippen molar-refractivity contribution in [2.24, 2.45) is 0 Å². The van der Waals surface area contributed by atoms with E-state index in [4.69, 9.17) is 0 Å². The lowest BCUT2D eigenvalue weighted by Gasteiger charge is -2.11. The zero-order valence-electron chi connectivity index (χ0n) is 14.0. The molecule has 1 amide bonds. The van der Waals surface area contributed by atoms with Gasteiger partial charge in [0.15, 0.2) is 0 Å². The minimum Gasteiger partial charge on any atom is -0.340 e. The van der Waals surface area contributed by atoms with E-state index in [1.54, 1.807) is 0 Å². The number of alkyl halides is 3. The van der Waals surface area contributed by atoms with Gasteiger partial charge in [0.2, 0.25) is 0 Å². The molecule has 2 aromatic carbocycles. The first-order valence-corrected chi connectivity index (χ1v) is 7.90. The summed E-state index contributed by atoms with van der Waals surface area (Å²) in [4.78, 5) is 16.2. The average Bonchev–Trinajstić information content (AvgIpc) is 2.64. The van der Waals surface area contributed by atoms with Crippen molar-refractivity contribution in [2.45, 2.75) is 6.18 Å². The SMILES string of the molecule is O=C(Nc1c(F)cccc1F)c1ccnc(Nc2cccc(C(F)(F)F)c2)c1. The number of carbonyl (C=O) groups is 1. The van der Waals surface area contributed by atoms with Gasteiger partial charge in [0.25, 0.3) is 5.91 Å². The molecular weight excluding hydrogens is 381 g/mol. The van der Waals surface area contributed by atoms with Crippen LogP contribution in [0.4, 0.5) is 39.1 Å². The van der Waals surface area contributed by atoms with Gasteiger partial charge in [-0.25, -0.2) is 13.8 Å². The van der Waals surface area contributed by atoms with Crippen molar-refractivity contribution >= 4 is 23.1 Å². The molecule has 0 aliphatic heterocycles. The molecule has 0 unspecified atom stereocenters. The third-order valence-electron chi connectivity index (χ3n) is 3.69. The Kier molecular flexibility index (Phi) is 5.25. The first-order chi connectivity index (χ1) is 13.2. The summed E-state index contributed by atoms with van der Waals surface area (Å²) in [6.07, 6.45) is -3.26. The van der Waals surface area contributed by atoms with Crippen molar-refractivity contribution in [3.05, 3.63) is 83.6 Å². The van der Waals surface area contributed by atoms with E-state index in [0.29, 0.717) is 0 Å². The maximum Gasteiger partial charge on any atom is 0.416 e. The predicted molar refractivity (Wildman–Crippen MR) is 93.3 cm³/mol. The van der Waals surface area contributed by atoms with E-state index in [1.165, 1.54) is 30.5 Å². The van der Waals surface area contributed by atoms with Crippen LogP contribution in [0.3, 0.4) is 0 Å². The summed E-state index contributed by atoms with van der Waals surface area (Å²) < 4.78 is 65.7. The Hall–Kier alpha value is -3.49. The molecule has 4 nitrogen and oxygen atoms in total. The van der Waals surface area contributed by atoms with E-state index in [1.807, 2.05) is 0 Å². The monoisotopic (exact) mass is 393 g/mol. The summed E-state index contributed by atoms with van der Waals surface area (Å²) in [5.41, 5.74) is -1.33. The quantitative estimate of drug-likeness (QED) is 0.586. The number of pyridine rings is 1. The highest BCUT2D eigenvalue weighted by molar-refractivity contribution is 6.04. The number of hydrogen-bond acceptors (Lipinski definition) is 3. The molecule has 1 aromatic heterocycles. The topological polar surface area (TPSA) is 54.0 Å². The Morgan fingerprint density at radius 1 is 0.929 bits per heavy atom.